The Labute approximate surface area is 142 Å². The first-order valence-corrected chi connectivity index (χ1v) is 8.75. The molecule has 0 amide bonds. The van der Waals surface area contributed by atoms with Crippen LogP contribution in [0.5, 0.6) is 5.75 Å². The number of nitrogens with one attached hydrogen (secondary N) is 1. The van der Waals surface area contributed by atoms with Crippen LogP contribution in [-0.4, -0.2) is 15.0 Å². The van der Waals surface area contributed by atoms with E-state index in [1.165, 1.54) is 12.1 Å². The lowest BCUT2D eigenvalue weighted by Crippen LogP contribution is -2.16. The highest BCUT2D eigenvalue weighted by Crippen LogP contribution is 2.36. The van der Waals surface area contributed by atoms with Crippen molar-refractivity contribution >= 4 is 15.7 Å². The van der Waals surface area contributed by atoms with E-state index in [2.05, 4.69) is 0 Å². The Bertz CT molecular complexity index is 851. The van der Waals surface area contributed by atoms with Crippen molar-refractivity contribution in [2.24, 2.45) is 0 Å². The van der Waals surface area contributed by atoms with E-state index in [4.69, 9.17) is 4.74 Å². The van der Waals surface area contributed by atoms with Crippen LogP contribution in [0.3, 0.4) is 0 Å². The minimum atomic E-state index is -4.67. The number of ether oxygens (including phenoxy) is 1. The highest BCUT2D eigenvalue weighted by Gasteiger charge is 2.32. The number of sulfonamides is 1. The number of hydrogen-bond acceptors (Lipinski definition) is 3. The molecule has 2 aromatic carbocycles. The van der Waals surface area contributed by atoms with Gasteiger partial charge in [0.1, 0.15) is 16.5 Å². The van der Waals surface area contributed by atoms with Gasteiger partial charge in [-0.25, -0.2) is 12.8 Å². The fourth-order valence-electron chi connectivity index (χ4n) is 1.99. The molecule has 0 saturated carbocycles. The quantitative estimate of drug-likeness (QED) is 0.758. The molecule has 0 spiro atoms. The van der Waals surface area contributed by atoms with E-state index in [9.17, 15) is 26.0 Å². The third-order valence-electron chi connectivity index (χ3n) is 3.14. The van der Waals surface area contributed by atoms with Crippen molar-refractivity contribution < 1.29 is 30.7 Å². The van der Waals surface area contributed by atoms with Gasteiger partial charge in [-0.15, -0.1) is 0 Å². The summed E-state index contributed by atoms with van der Waals surface area (Å²) in [6, 6.07) is 6.98. The van der Waals surface area contributed by atoms with Crippen molar-refractivity contribution in [1.29, 1.82) is 0 Å². The summed E-state index contributed by atoms with van der Waals surface area (Å²) < 4.78 is 84.3. The molecule has 0 fully saturated rings. The topological polar surface area (TPSA) is 55.4 Å². The van der Waals surface area contributed by atoms with Gasteiger partial charge in [-0.2, -0.15) is 13.2 Å². The van der Waals surface area contributed by atoms with Gasteiger partial charge < -0.3 is 4.74 Å². The Morgan fingerprint density at radius 3 is 2.40 bits per heavy atom. The third kappa shape index (κ3) is 4.62. The van der Waals surface area contributed by atoms with Crippen LogP contribution in [0.25, 0.3) is 0 Å². The first kappa shape index (κ1) is 19.0. The van der Waals surface area contributed by atoms with Gasteiger partial charge in [0.25, 0.3) is 10.0 Å². The average molecular weight is 377 g/mol. The molecule has 136 valence electrons. The molecule has 0 unspecified atom stereocenters. The van der Waals surface area contributed by atoms with Crippen LogP contribution in [0, 0.1) is 5.82 Å². The van der Waals surface area contributed by atoms with Crippen molar-refractivity contribution in [3.8, 4) is 5.75 Å². The van der Waals surface area contributed by atoms with Crippen LogP contribution in [-0.2, 0) is 16.2 Å². The van der Waals surface area contributed by atoms with Crippen LogP contribution in [0.2, 0.25) is 0 Å². The molecule has 2 rings (SSSR count). The number of anilines is 1. The van der Waals surface area contributed by atoms with Crippen LogP contribution < -0.4 is 9.46 Å². The number of hydrogen-bond donors (Lipinski definition) is 1. The molecule has 25 heavy (non-hydrogen) atoms. The predicted octanol–water partition coefficient (Wildman–Crippen LogP) is 4.43. The molecule has 1 N–H and O–H groups in total. The summed E-state index contributed by atoms with van der Waals surface area (Å²) in [5.41, 5.74) is -1.46. The first-order chi connectivity index (χ1) is 11.6. The standard InChI is InChI=1S/C16H15F4NO3S/c1-2-9-24-14-8-7-11(16(18,19)20)10-13(14)21-25(22,23)15-6-4-3-5-12(15)17/h3-8,10,21H,2,9H2,1H3. The normalized spacial score (nSPS) is 12.0. The zero-order chi connectivity index (χ0) is 18.7. The van der Waals surface area contributed by atoms with Crippen LogP contribution >= 0.6 is 0 Å². The number of alkyl halides is 3. The molecule has 0 aliphatic carbocycles. The Morgan fingerprint density at radius 1 is 1.12 bits per heavy atom. The molecule has 0 heterocycles. The van der Waals surface area contributed by atoms with E-state index in [0.717, 1.165) is 24.3 Å². The fourth-order valence-corrected chi connectivity index (χ4v) is 3.13. The van der Waals surface area contributed by atoms with Gasteiger partial charge in [-0.3, -0.25) is 4.72 Å². The van der Waals surface area contributed by atoms with Gasteiger partial charge in [0.05, 0.1) is 17.9 Å². The zero-order valence-electron chi connectivity index (χ0n) is 13.1. The highest BCUT2D eigenvalue weighted by atomic mass is 32.2. The van der Waals surface area contributed by atoms with E-state index in [1.807, 2.05) is 4.72 Å². The van der Waals surface area contributed by atoms with E-state index < -0.39 is 38.2 Å². The van der Waals surface area contributed by atoms with Gasteiger partial charge in [-0.05, 0) is 36.8 Å². The number of benzene rings is 2. The Morgan fingerprint density at radius 2 is 1.80 bits per heavy atom. The second-order valence-electron chi connectivity index (χ2n) is 5.09. The van der Waals surface area contributed by atoms with E-state index in [0.29, 0.717) is 12.5 Å². The summed E-state index contributed by atoms with van der Waals surface area (Å²) in [6.07, 6.45) is -4.10. The van der Waals surface area contributed by atoms with E-state index in [1.54, 1.807) is 6.92 Å². The molecular weight excluding hydrogens is 362 g/mol. The van der Waals surface area contributed by atoms with Gasteiger partial charge in [0.15, 0.2) is 0 Å². The van der Waals surface area contributed by atoms with Gasteiger partial charge in [0.2, 0.25) is 0 Å². The summed E-state index contributed by atoms with van der Waals surface area (Å²) in [6.45, 7) is 1.97. The minimum absolute atomic E-state index is 0.0743. The molecule has 0 atom stereocenters. The Kier molecular flexibility index (Phi) is 5.56. The predicted molar refractivity (Wildman–Crippen MR) is 84.4 cm³/mol. The molecule has 9 heteroatoms. The zero-order valence-corrected chi connectivity index (χ0v) is 13.9. The minimum Gasteiger partial charge on any atom is -0.491 e. The monoisotopic (exact) mass is 377 g/mol. The van der Waals surface area contributed by atoms with E-state index >= 15 is 0 Å². The first-order valence-electron chi connectivity index (χ1n) is 7.26. The average Bonchev–Trinajstić information content (AvgIpc) is 2.52. The molecule has 4 nitrogen and oxygen atoms in total. The van der Waals surface area contributed by atoms with Crippen LogP contribution in [0.1, 0.15) is 18.9 Å². The van der Waals surface area contributed by atoms with Crippen molar-refractivity contribution in [1.82, 2.24) is 0 Å². The lowest BCUT2D eigenvalue weighted by molar-refractivity contribution is -0.137. The lowest BCUT2D eigenvalue weighted by atomic mass is 10.2. The molecular formula is C16H15F4NO3S. The SMILES string of the molecule is CCCOc1ccc(C(F)(F)F)cc1NS(=O)(=O)c1ccccc1F. The summed E-state index contributed by atoms with van der Waals surface area (Å²) in [5, 5.41) is 0. The van der Waals surface area contributed by atoms with E-state index in [-0.39, 0.29) is 12.4 Å². The second kappa shape index (κ2) is 7.30. The van der Waals surface area contributed by atoms with Crippen molar-refractivity contribution in [2.75, 3.05) is 11.3 Å². The summed E-state index contributed by atoms with van der Waals surface area (Å²) >= 11 is 0. The maximum absolute atomic E-state index is 13.7. The molecule has 0 aliphatic heterocycles. The Hall–Kier alpha value is -2.29. The Balaban J connectivity index is 2.46. The summed E-state index contributed by atoms with van der Waals surface area (Å²) in [5.74, 6) is -1.09. The lowest BCUT2D eigenvalue weighted by Gasteiger charge is -2.16. The summed E-state index contributed by atoms with van der Waals surface area (Å²) in [7, 11) is -4.43. The van der Waals surface area contributed by atoms with Crippen LogP contribution in [0.4, 0.5) is 23.2 Å². The van der Waals surface area contributed by atoms with Crippen molar-refractivity contribution in [2.45, 2.75) is 24.4 Å². The largest absolute Gasteiger partial charge is 0.491 e. The highest BCUT2D eigenvalue weighted by molar-refractivity contribution is 7.92. The maximum Gasteiger partial charge on any atom is 0.416 e. The third-order valence-corrected chi connectivity index (χ3v) is 4.54. The number of rotatable bonds is 6. The summed E-state index contributed by atoms with van der Waals surface area (Å²) in [4.78, 5) is -0.672. The van der Waals surface area contributed by atoms with Gasteiger partial charge >= 0.3 is 6.18 Å². The molecule has 0 radical (unpaired) electrons. The molecule has 2 aromatic rings. The molecule has 0 aliphatic rings. The maximum atomic E-state index is 13.7. The molecule has 0 bridgehead atoms. The smallest absolute Gasteiger partial charge is 0.416 e. The molecule has 0 saturated heterocycles. The van der Waals surface area contributed by atoms with Gasteiger partial charge in [-0.1, -0.05) is 19.1 Å². The molecule has 0 aromatic heterocycles. The van der Waals surface area contributed by atoms with Crippen molar-refractivity contribution in [3.63, 3.8) is 0 Å². The van der Waals surface area contributed by atoms with Crippen LogP contribution in [0.15, 0.2) is 47.4 Å². The van der Waals surface area contributed by atoms with Crippen molar-refractivity contribution in [3.05, 3.63) is 53.8 Å². The number of halogens is 4. The second-order valence-corrected chi connectivity index (χ2v) is 6.74. The van der Waals surface area contributed by atoms with Gasteiger partial charge in [0, 0.05) is 0 Å². The fraction of sp³-hybridized carbons (Fsp3) is 0.250.